The summed E-state index contributed by atoms with van der Waals surface area (Å²) in [4.78, 5) is 0. The van der Waals surface area contributed by atoms with E-state index >= 15 is 0 Å². The van der Waals surface area contributed by atoms with Gasteiger partial charge in [0.1, 0.15) is 12.4 Å². The van der Waals surface area contributed by atoms with Crippen LogP contribution in [0.2, 0.25) is 0 Å². The highest BCUT2D eigenvalue weighted by Crippen LogP contribution is 2.14. The molecule has 0 aromatic heterocycles. The molecule has 0 bridgehead atoms. The summed E-state index contributed by atoms with van der Waals surface area (Å²) in [5, 5.41) is 0. The molecule has 0 aliphatic carbocycles. The lowest BCUT2D eigenvalue weighted by atomic mass is 10.1. The van der Waals surface area contributed by atoms with Gasteiger partial charge in [0, 0.05) is 0 Å². The summed E-state index contributed by atoms with van der Waals surface area (Å²) in [6.07, 6.45) is 5.70. The number of hydrogen-bond donors (Lipinski definition) is 0. The second-order valence-corrected chi connectivity index (χ2v) is 4.04. The molecule has 0 fully saturated rings. The second kappa shape index (κ2) is 7.33. The van der Waals surface area contributed by atoms with Crippen molar-refractivity contribution in [3.05, 3.63) is 78.6 Å². The molecule has 0 spiro atoms. The smallest absolute Gasteiger partial charge is 0.115 e. The maximum atomic E-state index is 5.72. The van der Waals surface area contributed by atoms with Crippen LogP contribution in [0.1, 0.15) is 19.4 Å². The van der Waals surface area contributed by atoms with Gasteiger partial charge < -0.3 is 4.74 Å². The summed E-state index contributed by atoms with van der Waals surface area (Å²) in [5.74, 6) is 0.837. The predicted molar refractivity (Wildman–Crippen MR) is 79.1 cm³/mol. The van der Waals surface area contributed by atoms with Gasteiger partial charge in [-0.15, -0.1) is 0 Å². The van der Waals surface area contributed by atoms with E-state index in [1.54, 1.807) is 6.08 Å². The largest absolute Gasteiger partial charge is 0.489 e. The molecule has 0 saturated carbocycles. The Hall–Kier alpha value is -2.02. The van der Waals surface area contributed by atoms with E-state index in [0.29, 0.717) is 6.61 Å². The van der Waals surface area contributed by atoms with Gasteiger partial charge in [0.15, 0.2) is 0 Å². The average molecular weight is 240 g/mol. The van der Waals surface area contributed by atoms with Gasteiger partial charge in [0.05, 0.1) is 0 Å². The fourth-order valence-corrected chi connectivity index (χ4v) is 1.42. The standard InChI is InChI=1S/C17H20O/c1-5-14(3)12-17(6-2)18-13-15(4)16-10-8-7-9-11-16/h5-12H,1,4,13H2,2-3H3/b14-12-,17-6+. The minimum atomic E-state index is 0.491. The van der Waals surface area contributed by atoms with E-state index in [-0.39, 0.29) is 0 Å². The number of hydrogen-bond acceptors (Lipinski definition) is 1. The summed E-state index contributed by atoms with van der Waals surface area (Å²) < 4.78 is 5.72. The molecule has 1 heteroatoms. The summed E-state index contributed by atoms with van der Waals surface area (Å²) >= 11 is 0. The van der Waals surface area contributed by atoms with Crippen LogP contribution in [-0.2, 0) is 4.74 Å². The molecule has 0 unspecified atom stereocenters. The molecule has 1 aromatic rings. The Labute approximate surface area is 110 Å². The van der Waals surface area contributed by atoms with Crippen molar-refractivity contribution in [2.24, 2.45) is 0 Å². The molecule has 0 atom stereocenters. The second-order valence-electron chi connectivity index (χ2n) is 4.04. The molecule has 0 aliphatic heterocycles. The van der Waals surface area contributed by atoms with Crippen molar-refractivity contribution in [1.82, 2.24) is 0 Å². The van der Waals surface area contributed by atoms with Crippen molar-refractivity contribution in [3.8, 4) is 0 Å². The van der Waals surface area contributed by atoms with E-state index in [0.717, 1.165) is 22.5 Å². The highest BCUT2D eigenvalue weighted by Gasteiger charge is 2.00. The van der Waals surface area contributed by atoms with Gasteiger partial charge in [-0.2, -0.15) is 0 Å². The number of benzene rings is 1. The van der Waals surface area contributed by atoms with Crippen molar-refractivity contribution in [3.63, 3.8) is 0 Å². The molecule has 0 saturated heterocycles. The van der Waals surface area contributed by atoms with Crippen molar-refractivity contribution < 1.29 is 4.74 Å². The van der Waals surface area contributed by atoms with Crippen molar-refractivity contribution >= 4 is 5.57 Å². The van der Waals surface area contributed by atoms with Crippen LogP contribution < -0.4 is 0 Å². The molecule has 1 nitrogen and oxygen atoms in total. The minimum Gasteiger partial charge on any atom is -0.489 e. The minimum absolute atomic E-state index is 0.491. The molecule has 1 rings (SSSR count). The highest BCUT2D eigenvalue weighted by atomic mass is 16.5. The first-order chi connectivity index (χ1) is 8.67. The molecular formula is C17H20O. The van der Waals surface area contributed by atoms with E-state index in [1.165, 1.54) is 0 Å². The van der Waals surface area contributed by atoms with Crippen LogP contribution in [0.15, 0.2) is 73.1 Å². The van der Waals surface area contributed by atoms with Crippen LogP contribution in [0.25, 0.3) is 5.57 Å². The Balaban J connectivity index is 2.60. The predicted octanol–water partition coefficient (Wildman–Crippen LogP) is 4.75. The van der Waals surface area contributed by atoms with Gasteiger partial charge in [0.2, 0.25) is 0 Å². The van der Waals surface area contributed by atoms with Crippen molar-refractivity contribution in [1.29, 1.82) is 0 Å². The van der Waals surface area contributed by atoms with Crippen LogP contribution in [-0.4, -0.2) is 6.61 Å². The molecule has 0 N–H and O–H groups in total. The number of rotatable bonds is 6. The van der Waals surface area contributed by atoms with E-state index in [9.17, 15) is 0 Å². The monoisotopic (exact) mass is 240 g/mol. The topological polar surface area (TPSA) is 9.23 Å². The summed E-state index contributed by atoms with van der Waals surface area (Å²) in [6, 6.07) is 10.1. The Morgan fingerprint density at radius 3 is 2.50 bits per heavy atom. The van der Waals surface area contributed by atoms with Gasteiger partial charge in [-0.1, -0.05) is 49.6 Å². The zero-order valence-corrected chi connectivity index (χ0v) is 11.1. The third-order valence-electron chi connectivity index (χ3n) is 2.57. The lowest BCUT2D eigenvalue weighted by Gasteiger charge is -2.10. The van der Waals surface area contributed by atoms with E-state index in [1.807, 2.05) is 56.3 Å². The van der Waals surface area contributed by atoms with Gasteiger partial charge >= 0.3 is 0 Å². The van der Waals surface area contributed by atoms with Crippen LogP contribution >= 0.6 is 0 Å². The fraction of sp³-hybridized carbons (Fsp3) is 0.176. The van der Waals surface area contributed by atoms with Crippen molar-refractivity contribution in [2.45, 2.75) is 13.8 Å². The molecule has 94 valence electrons. The zero-order chi connectivity index (χ0) is 13.4. The van der Waals surface area contributed by atoms with Crippen LogP contribution in [0.4, 0.5) is 0 Å². The quantitative estimate of drug-likeness (QED) is 0.515. The van der Waals surface area contributed by atoms with Crippen LogP contribution in [0, 0.1) is 0 Å². The van der Waals surface area contributed by atoms with Gasteiger partial charge in [-0.3, -0.25) is 0 Å². The lowest BCUT2D eigenvalue weighted by molar-refractivity contribution is 0.267. The zero-order valence-electron chi connectivity index (χ0n) is 11.1. The molecule has 1 aromatic carbocycles. The third-order valence-corrected chi connectivity index (χ3v) is 2.57. The Morgan fingerprint density at radius 1 is 1.28 bits per heavy atom. The molecular weight excluding hydrogens is 220 g/mol. The number of ether oxygens (including phenoxy) is 1. The average Bonchev–Trinajstić information content (AvgIpc) is 2.43. The first kappa shape index (κ1) is 14.0. The van der Waals surface area contributed by atoms with E-state index in [2.05, 4.69) is 13.2 Å². The SMILES string of the molecule is C=C/C(C)=C\C(=C/C)OCC(=C)c1ccccc1. The third kappa shape index (κ3) is 4.46. The maximum Gasteiger partial charge on any atom is 0.115 e. The Morgan fingerprint density at radius 2 is 1.94 bits per heavy atom. The molecule has 0 radical (unpaired) electrons. The molecule has 18 heavy (non-hydrogen) atoms. The highest BCUT2D eigenvalue weighted by molar-refractivity contribution is 5.63. The lowest BCUT2D eigenvalue weighted by Crippen LogP contribution is -1.96. The molecule has 0 amide bonds. The van der Waals surface area contributed by atoms with E-state index in [4.69, 9.17) is 4.74 Å². The summed E-state index contributed by atoms with van der Waals surface area (Å²) in [5.41, 5.74) is 3.16. The van der Waals surface area contributed by atoms with Crippen LogP contribution in [0.3, 0.4) is 0 Å². The molecule has 0 aliphatic rings. The van der Waals surface area contributed by atoms with Gasteiger partial charge in [-0.05, 0) is 42.7 Å². The molecule has 0 heterocycles. The normalized spacial score (nSPS) is 12.1. The van der Waals surface area contributed by atoms with Crippen molar-refractivity contribution in [2.75, 3.05) is 6.61 Å². The fourth-order valence-electron chi connectivity index (χ4n) is 1.42. The summed E-state index contributed by atoms with van der Waals surface area (Å²) in [6.45, 7) is 12.2. The summed E-state index contributed by atoms with van der Waals surface area (Å²) in [7, 11) is 0. The Bertz CT molecular complexity index is 464. The van der Waals surface area contributed by atoms with Gasteiger partial charge in [0.25, 0.3) is 0 Å². The first-order valence-corrected chi connectivity index (χ1v) is 6.00. The maximum absolute atomic E-state index is 5.72. The van der Waals surface area contributed by atoms with E-state index < -0.39 is 0 Å². The first-order valence-electron chi connectivity index (χ1n) is 6.00. The van der Waals surface area contributed by atoms with Crippen LogP contribution in [0.5, 0.6) is 0 Å². The Kier molecular flexibility index (Phi) is 5.72. The number of allylic oxidation sites excluding steroid dienone is 4. The van der Waals surface area contributed by atoms with Gasteiger partial charge in [-0.25, -0.2) is 0 Å².